The van der Waals surface area contributed by atoms with E-state index in [9.17, 15) is 9.59 Å². The number of hydrogen-bond acceptors (Lipinski definition) is 4. The second-order valence-electron chi connectivity index (χ2n) is 5.09. The molecule has 0 bridgehead atoms. The van der Waals surface area contributed by atoms with Crippen molar-refractivity contribution in [1.29, 1.82) is 0 Å². The van der Waals surface area contributed by atoms with E-state index in [0.29, 0.717) is 28.6 Å². The van der Waals surface area contributed by atoms with Crippen LogP contribution in [-0.2, 0) is 9.59 Å². The average molecular weight is 360 g/mol. The molecule has 2 aromatic carbocycles. The van der Waals surface area contributed by atoms with E-state index in [1.165, 1.54) is 6.21 Å². The minimum absolute atomic E-state index is 0.432. The first-order valence-electron chi connectivity index (χ1n) is 7.63. The molecule has 6 nitrogen and oxygen atoms in total. The van der Waals surface area contributed by atoms with Gasteiger partial charge in [-0.15, -0.1) is 0 Å². The number of para-hydroxylation sites is 1. The third-order valence-electron chi connectivity index (χ3n) is 3.22. The van der Waals surface area contributed by atoms with Crippen molar-refractivity contribution < 1.29 is 14.3 Å². The predicted octanol–water partition coefficient (Wildman–Crippen LogP) is 3.14. The Bertz CT molecular complexity index is 806. The Hall–Kier alpha value is -2.86. The van der Waals surface area contributed by atoms with Gasteiger partial charge in [0.1, 0.15) is 5.75 Å². The van der Waals surface area contributed by atoms with E-state index in [1.54, 1.807) is 30.3 Å². The van der Waals surface area contributed by atoms with Crippen molar-refractivity contribution in [1.82, 2.24) is 5.43 Å². The minimum Gasteiger partial charge on any atom is -0.493 e. The van der Waals surface area contributed by atoms with Crippen LogP contribution in [-0.4, -0.2) is 24.6 Å². The van der Waals surface area contributed by atoms with Gasteiger partial charge in [0, 0.05) is 16.3 Å². The van der Waals surface area contributed by atoms with Crippen LogP contribution in [0.2, 0.25) is 5.02 Å². The summed E-state index contributed by atoms with van der Waals surface area (Å²) in [5.74, 6) is -1.08. The van der Waals surface area contributed by atoms with Crippen LogP contribution in [0.15, 0.2) is 47.6 Å². The molecule has 0 atom stereocenters. The first-order valence-corrected chi connectivity index (χ1v) is 8.01. The van der Waals surface area contributed by atoms with Crippen LogP contribution in [0.4, 0.5) is 5.69 Å². The van der Waals surface area contributed by atoms with E-state index in [4.69, 9.17) is 16.3 Å². The maximum Gasteiger partial charge on any atom is 0.329 e. The van der Waals surface area contributed by atoms with Gasteiger partial charge in [0.05, 0.1) is 12.8 Å². The molecule has 0 heterocycles. The molecule has 0 saturated carbocycles. The number of ether oxygens (including phenoxy) is 1. The van der Waals surface area contributed by atoms with Crippen LogP contribution in [0.3, 0.4) is 0 Å². The number of hydrazone groups is 1. The van der Waals surface area contributed by atoms with E-state index in [0.717, 1.165) is 5.56 Å². The summed E-state index contributed by atoms with van der Waals surface area (Å²) in [5.41, 5.74) is 4.18. The molecule has 2 rings (SSSR count). The van der Waals surface area contributed by atoms with Gasteiger partial charge < -0.3 is 10.1 Å². The summed E-state index contributed by atoms with van der Waals surface area (Å²) < 4.78 is 5.45. The van der Waals surface area contributed by atoms with Crippen LogP contribution >= 0.6 is 11.6 Å². The lowest BCUT2D eigenvalue weighted by atomic mass is 10.2. The second-order valence-corrected chi connectivity index (χ2v) is 5.50. The van der Waals surface area contributed by atoms with E-state index in [1.807, 2.05) is 26.0 Å². The maximum absolute atomic E-state index is 11.9. The number of aryl methyl sites for hydroxylation is 1. The molecule has 2 aromatic rings. The van der Waals surface area contributed by atoms with Crippen LogP contribution in [0.25, 0.3) is 0 Å². The lowest BCUT2D eigenvalue weighted by Gasteiger charge is -2.06. The van der Waals surface area contributed by atoms with Crippen LogP contribution in [0.5, 0.6) is 5.75 Å². The lowest BCUT2D eigenvalue weighted by molar-refractivity contribution is -0.136. The number of halogens is 1. The number of anilines is 1. The number of carbonyl (C=O) groups is 2. The largest absolute Gasteiger partial charge is 0.493 e. The van der Waals surface area contributed by atoms with Crippen molar-refractivity contribution in [3.05, 3.63) is 58.6 Å². The molecule has 0 aliphatic carbocycles. The van der Waals surface area contributed by atoms with Gasteiger partial charge in [-0.25, -0.2) is 5.43 Å². The van der Waals surface area contributed by atoms with Crippen molar-refractivity contribution in [3.8, 4) is 5.75 Å². The molecule has 0 aromatic heterocycles. The van der Waals surface area contributed by atoms with Crippen molar-refractivity contribution in [2.45, 2.75) is 13.8 Å². The Labute approximate surface area is 150 Å². The van der Waals surface area contributed by atoms with Gasteiger partial charge in [-0.3, -0.25) is 9.59 Å². The summed E-state index contributed by atoms with van der Waals surface area (Å²) in [6.07, 6.45) is 1.42. The number of hydrogen-bond donors (Lipinski definition) is 2. The van der Waals surface area contributed by atoms with Crippen LogP contribution < -0.4 is 15.5 Å². The zero-order valence-electron chi connectivity index (χ0n) is 13.9. The van der Waals surface area contributed by atoms with Crippen molar-refractivity contribution in [2.75, 3.05) is 11.9 Å². The number of nitrogens with zero attached hydrogens (tertiary/aromatic N) is 1. The molecule has 0 radical (unpaired) electrons. The van der Waals surface area contributed by atoms with Gasteiger partial charge in [-0.1, -0.05) is 29.8 Å². The molecular formula is C18H18ClN3O3. The molecule has 25 heavy (non-hydrogen) atoms. The Morgan fingerprint density at radius 2 is 1.96 bits per heavy atom. The molecular weight excluding hydrogens is 342 g/mol. The highest BCUT2D eigenvalue weighted by Crippen LogP contribution is 2.19. The normalized spacial score (nSPS) is 10.5. The van der Waals surface area contributed by atoms with Crippen molar-refractivity contribution in [2.24, 2.45) is 5.10 Å². The number of amides is 2. The summed E-state index contributed by atoms with van der Waals surface area (Å²) in [7, 11) is 0. The van der Waals surface area contributed by atoms with Gasteiger partial charge >= 0.3 is 11.8 Å². The smallest absolute Gasteiger partial charge is 0.329 e. The summed E-state index contributed by atoms with van der Waals surface area (Å²) in [6.45, 7) is 4.23. The van der Waals surface area contributed by atoms with Crippen molar-refractivity contribution >= 4 is 35.3 Å². The van der Waals surface area contributed by atoms with Crippen LogP contribution in [0, 0.1) is 6.92 Å². The lowest BCUT2D eigenvalue weighted by Crippen LogP contribution is -2.32. The molecule has 0 aliphatic heterocycles. The second kappa shape index (κ2) is 8.84. The molecule has 130 valence electrons. The topological polar surface area (TPSA) is 79.8 Å². The maximum atomic E-state index is 11.9. The summed E-state index contributed by atoms with van der Waals surface area (Å²) >= 11 is 5.98. The number of rotatable bonds is 5. The zero-order chi connectivity index (χ0) is 18.2. The quantitative estimate of drug-likeness (QED) is 0.489. The van der Waals surface area contributed by atoms with Gasteiger partial charge in [-0.05, 0) is 43.7 Å². The highest BCUT2D eigenvalue weighted by Gasteiger charge is 2.13. The van der Waals surface area contributed by atoms with E-state index >= 15 is 0 Å². The fraction of sp³-hybridized carbons (Fsp3) is 0.167. The third kappa shape index (κ3) is 5.32. The number of carbonyl (C=O) groups excluding carboxylic acids is 2. The highest BCUT2D eigenvalue weighted by atomic mass is 35.5. The first-order chi connectivity index (χ1) is 12.0. The zero-order valence-corrected chi connectivity index (χ0v) is 14.6. The number of benzene rings is 2. The van der Waals surface area contributed by atoms with Gasteiger partial charge in [-0.2, -0.15) is 5.10 Å². The molecule has 0 fully saturated rings. The Morgan fingerprint density at radius 3 is 2.68 bits per heavy atom. The third-order valence-corrected chi connectivity index (χ3v) is 3.63. The summed E-state index contributed by atoms with van der Waals surface area (Å²) in [5, 5.41) is 6.75. The first kappa shape index (κ1) is 18.5. The molecule has 2 amide bonds. The number of nitrogens with one attached hydrogen (secondary N) is 2. The van der Waals surface area contributed by atoms with E-state index < -0.39 is 11.8 Å². The van der Waals surface area contributed by atoms with Crippen LogP contribution in [0.1, 0.15) is 18.1 Å². The van der Waals surface area contributed by atoms with Gasteiger partial charge in [0.2, 0.25) is 0 Å². The Morgan fingerprint density at radius 1 is 1.20 bits per heavy atom. The standard InChI is InChI=1S/C18H18ClN3O3/c1-3-25-16-7-5-4-6-13(16)11-20-22-18(24)17(23)21-14-9-8-12(2)15(19)10-14/h4-11H,3H2,1-2H3,(H,21,23)(H,22,24)/b20-11-. The fourth-order valence-corrected chi connectivity index (χ4v) is 2.12. The van der Waals surface area contributed by atoms with Gasteiger partial charge in [0.25, 0.3) is 0 Å². The molecule has 2 N–H and O–H groups in total. The molecule has 0 unspecified atom stereocenters. The molecule has 7 heteroatoms. The molecule has 0 saturated heterocycles. The SMILES string of the molecule is CCOc1ccccc1/C=N\NC(=O)C(=O)Nc1ccc(C)c(Cl)c1. The van der Waals surface area contributed by atoms with E-state index in [2.05, 4.69) is 15.8 Å². The Kier molecular flexibility index (Phi) is 6.54. The van der Waals surface area contributed by atoms with Crippen molar-refractivity contribution in [3.63, 3.8) is 0 Å². The summed E-state index contributed by atoms with van der Waals surface area (Å²) in [4.78, 5) is 23.7. The fourth-order valence-electron chi connectivity index (χ4n) is 1.94. The monoisotopic (exact) mass is 359 g/mol. The molecule has 0 spiro atoms. The average Bonchev–Trinajstić information content (AvgIpc) is 2.59. The minimum atomic E-state index is -0.887. The molecule has 0 aliphatic rings. The van der Waals surface area contributed by atoms with E-state index in [-0.39, 0.29) is 0 Å². The van der Waals surface area contributed by atoms with Gasteiger partial charge in [0.15, 0.2) is 0 Å². The summed E-state index contributed by atoms with van der Waals surface area (Å²) in [6, 6.07) is 12.2. The Balaban J connectivity index is 1.95. The highest BCUT2D eigenvalue weighted by molar-refractivity contribution is 6.39. The predicted molar refractivity (Wildman–Crippen MR) is 98.2 cm³/mol.